The molecule has 6 heterocycles. The highest BCUT2D eigenvalue weighted by molar-refractivity contribution is 5.82. The molecule has 1 saturated heterocycles. The fourth-order valence-corrected chi connectivity index (χ4v) is 4.97. The normalized spacial score (nSPS) is 17.5. The van der Waals surface area contributed by atoms with E-state index in [0.29, 0.717) is 19.0 Å². The minimum atomic E-state index is -0.503. The minimum Gasteiger partial charge on any atom is -0.444 e. The van der Waals surface area contributed by atoms with E-state index in [1.807, 2.05) is 57.0 Å². The van der Waals surface area contributed by atoms with Crippen molar-refractivity contribution >= 4 is 28.8 Å². The molecule has 9 nitrogen and oxygen atoms in total. The van der Waals surface area contributed by atoms with E-state index in [0.717, 1.165) is 46.0 Å². The Morgan fingerprint density at radius 3 is 2.61 bits per heavy atom. The van der Waals surface area contributed by atoms with Crippen LogP contribution in [0.15, 0.2) is 42.9 Å². The van der Waals surface area contributed by atoms with Gasteiger partial charge in [0.25, 0.3) is 0 Å². The Balaban J connectivity index is 1.24. The molecule has 0 spiro atoms. The highest BCUT2D eigenvalue weighted by atomic mass is 16.6. The van der Waals surface area contributed by atoms with Crippen LogP contribution < -0.4 is 5.32 Å². The molecular weight excluding hydrogens is 454 g/mol. The zero-order valence-electron chi connectivity index (χ0n) is 21.3. The van der Waals surface area contributed by atoms with Crippen LogP contribution in [0.2, 0.25) is 0 Å². The van der Waals surface area contributed by atoms with Crippen molar-refractivity contribution in [2.45, 2.75) is 51.7 Å². The molecule has 186 valence electrons. The van der Waals surface area contributed by atoms with Gasteiger partial charge in [-0.05, 0) is 50.6 Å². The number of amides is 1. The summed E-state index contributed by atoms with van der Waals surface area (Å²) < 4.78 is 9.56. The Bertz CT molecular complexity index is 1470. The zero-order chi connectivity index (χ0) is 25.2. The number of hydrogen-bond acceptors (Lipinski definition) is 6. The second-order valence-corrected chi connectivity index (χ2v) is 11.0. The Morgan fingerprint density at radius 2 is 1.92 bits per heavy atom. The zero-order valence-corrected chi connectivity index (χ0v) is 21.3. The van der Waals surface area contributed by atoms with Crippen molar-refractivity contribution in [2.24, 2.45) is 7.05 Å². The van der Waals surface area contributed by atoms with E-state index in [2.05, 4.69) is 40.1 Å². The number of nitrogens with zero attached hydrogens (tertiary/aromatic N) is 6. The first-order valence-electron chi connectivity index (χ1n) is 12.4. The summed E-state index contributed by atoms with van der Waals surface area (Å²) in [5.74, 6) is 2.58. The lowest BCUT2D eigenvalue weighted by Crippen LogP contribution is -2.50. The van der Waals surface area contributed by atoms with Gasteiger partial charge < -0.3 is 19.5 Å². The number of likely N-dealkylation sites (tertiary alicyclic amines) is 1. The number of ether oxygens (including phenoxy) is 1. The summed E-state index contributed by atoms with van der Waals surface area (Å²) in [5, 5.41) is 8.19. The van der Waals surface area contributed by atoms with Gasteiger partial charge in [0.15, 0.2) is 0 Å². The lowest BCUT2D eigenvalue weighted by molar-refractivity contribution is 0.00787. The summed E-state index contributed by atoms with van der Waals surface area (Å²) in [6, 6.07) is 8.21. The molecule has 0 aliphatic carbocycles. The fraction of sp³-hybridized carbons (Fsp3) is 0.407. The highest BCUT2D eigenvalue weighted by Gasteiger charge is 2.37. The van der Waals surface area contributed by atoms with Gasteiger partial charge in [-0.2, -0.15) is 5.10 Å². The van der Waals surface area contributed by atoms with Gasteiger partial charge in [0.05, 0.1) is 16.7 Å². The van der Waals surface area contributed by atoms with Gasteiger partial charge in [-0.25, -0.2) is 9.78 Å². The second-order valence-electron chi connectivity index (χ2n) is 11.0. The third-order valence-corrected chi connectivity index (χ3v) is 6.84. The lowest BCUT2D eigenvalue weighted by atomic mass is 9.92. The van der Waals surface area contributed by atoms with Gasteiger partial charge in [-0.15, -0.1) is 0 Å². The van der Waals surface area contributed by atoms with E-state index < -0.39 is 5.60 Å². The maximum Gasteiger partial charge on any atom is 0.410 e. The number of hydrogen-bond donors (Lipinski definition) is 1. The smallest absolute Gasteiger partial charge is 0.410 e. The van der Waals surface area contributed by atoms with Gasteiger partial charge in [-0.1, -0.05) is 6.92 Å². The van der Waals surface area contributed by atoms with Crippen molar-refractivity contribution < 1.29 is 9.53 Å². The van der Waals surface area contributed by atoms with Crippen LogP contribution in [0.1, 0.15) is 50.8 Å². The summed E-state index contributed by atoms with van der Waals surface area (Å²) in [7, 11) is 1.92. The number of nitrogens with one attached hydrogen (secondary N) is 1. The average Bonchev–Trinajstić information content (AvgIpc) is 3.45. The molecule has 4 aromatic rings. The first kappa shape index (κ1) is 22.6. The van der Waals surface area contributed by atoms with E-state index >= 15 is 0 Å². The van der Waals surface area contributed by atoms with Crippen LogP contribution >= 0.6 is 0 Å². The molecule has 0 aromatic carbocycles. The molecule has 1 N–H and O–H groups in total. The highest BCUT2D eigenvalue weighted by Crippen LogP contribution is 2.36. The van der Waals surface area contributed by atoms with E-state index in [4.69, 9.17) is 14.8 Å². The maximum atomic E-state index is 12.4. The van der Waals surface area contributed by atoms with Crippen LogP contribution in [0.3, 0.4) is 0 Å². The van der Waals surface area contributed by atoms with Crippen LogP contribution in [0.4, 0.5) is 16.4 Å². The monoisotopic (exact) mass is 485 g/mol. The van der Waals surface area contributed by atoms with E-state index in [9.17, 15) is 4.79 Å². The Morgan fingerprint density at radius 1 is 1.11 bits per heavy atom. The molecule has 1 unspecified atom stereocenters. The van der Waals surface area contributed by atoms with E-state index in [1.54, 1.807) is 4.90 Å². The van der Waals surface area contributed by atoms with Crippen molar-refractivity contribution in [3.63, 3.8) is 0 Å². The molecule has 0 radical (unpaired) electrons. The molecule has 1 amide bonds. The van der Waals surface area contributed by atoms with Gasteiger partial charge in [0.2, 0.25) is 0 Å². The Labute approximate surface area is 210 Å². The number of rotatable bonds is 4. The molecule has 0 saturated carbocycles. The van der Waals surface area contributed by atoms with Gasteiger partial charge in [0.1, 0.15) is 17.2 Å². The van der Waals surface area contributed by atoms with Crippen LogP contribution in [-0.2, 0) is 18.3 Å². The van der Waals surface area contributed by atoms with Crippen molar-refractivity contribution in [3.05, 3.63) is 54.1 Å². The number of carbonyl (C=O) groups is 1. The molecule has 2 aliphatic heterocycles. The van der Waals surface area contributed by atoms with Crippen molar-refractivity contribution in [1.82, 2.24) is 29.2 Å². The van der Waals surface area contributed by atoms with Crippen molar-refractivity contribution in [2.75, 3.05) is 18.4 Å². The Kier molecular flexibility index (Phi) is 5.07. The summed E-state index contributed by atoms with van der Waals surface area (Å²) in [6.45, 7) is 10.1. The minimum absolute atomic E-state index is 0.153. The summed E-state index contributed by atoms with van der Waals surface area (Å²) in [5.41, 5.74) is 5.46. The third kappa shape index (κ3) is 4.08. The van der Waals surface area contributed by atoms with Crippen LogP contribution in [0.25, 0.3) is 22.2 Å². The molecule has 1 atom stereocenters. The van der Waals surface area contributed by atoms with E-state index in [1.165, 1.54) is 5.56 Å². The summed E-state index contributed by atoms with van der Waals surface area (Å²) in [4.78, 5) is 23.6. The number of pyridine rings is 2. The first-order valence-corrected chi connectivity index (χ1v) is 12.4. The third-order valence-electron chi connectivity index (χ3n) is 6.84. The molecule has 1 fully saturated rings. The second kappa shape index (κ2) is 8.08. The maximum absolute atomic E-state index is 12.4. The number of fused-ring (bicyclic) bond motifs is 3. The van der Waals surface area contributed by atoms with Crippen LogP contribution in [-0.4, -0.2) is 54.0 Å². The Hall–Kier alpha value is -3.88. The lowest BCUT2D eigenvalue weighted by Gasteiger charge is -2.39. The SMILES string of the molecule is CC1Cn2cc1cc2Nc1ccc2ncc(-c3cn(C)nc3C3CN(C(=O)OC(C)(C)C)C3)cc2n1. The van der Waals surface area contributed by atoms with Gasteiger partial charge in [-0.3, -0.25) is 9.67 Å². The quantitative estimate of drug-likeness (QED) is 0.436. The summed E-state index contributed by atoms with van der Waals surface area (Å²) in [6.07, 6.45) is 5.80. The van der Waals surface area contributed by atoms with Crippen molar-refractivity contribution in [3.8, 4) is 11.1 Å². The van der Waals surface area contributed by atoms with Gasteiger partial charge in [0, 0.05) is 68.2 Å². The number of carbonyl (C=O) groups excluding carboxylic acids is 1. The first-order chi connectivity index (χ1) is 17.1. The average molecular weight is 486 g/mol. The standard InChI is InChI=1S/C27H31N7O2/c1-16-11-33-12-18(16)9-24(33)30-23-7-6-21-22(29-23)8-17(10-28-21)20-15-32(5)31-25(20)19-13-34(14-19)26(35)36-27(2,3)4/h6-10,12,15-16,19H,11,13-14H2,1-5H3,(H,29,30). The number of aryl methyl sites for hydroxylation is 1. The summed E-state index contributed by atoms with van der Waals surface area (Å²) >= 11 is 0. The molecule has 36 heavy (non-hydrogen) atoms. The largest absolute Gasteiger partial charge is 0.444 e. The van der Waals surface area contributed by atoms with Crippen molar-refractivity contribution in [1.29, 1.82) is 0 Å². The van der Waals surface area contributed by atoms with E-state index in [-0.39, 0.29) is 12.0 Å². The van der Waals surface area contributed by atoms with Gasteiger partial charge >= 0.3 is 6.09 Å². The topological polar surface area (TPSA) is 90.1 Å². The van der Waals surface area contributed by atoms with Crippen LogP contribution in [0.5, 0.6) is 0 Å². The molecule has 9 heteroatoms. The number of anilines is 2. The van der Waals surface area contributed by atoms with Crippen LogP contribution in [0, 0.1) is 0 Å². The fourth-order valence-electron chi connectivity index (χ4n) is 4.97. The molecule has 2 aliphatic rings. The predicted octanol–water partition coefficient (Wildman–Crippen LogP) is 5.03. The molecule has 6 rings (SSSR count). The molecule has 2 bridgehead atoms. The number of aromatic nitrogens is 5. The molecular formula is C27H31N7O2. The molecule has 4 aromatic heterocycles. The predicted molar refractivity (Wildman–Crippen MR) is 138 cm³/mol.